The molecule has 1 N–H and O–H groups in total. The van der Waals surface area contributed by atoms with Crippen molar-refractivity contribution in [1.82, 2.24) is 10.2 Å². The van der Waals surface area contributed by atoms with Gasteiger partial charge >= 0.3 is 5.91 Å². The zero-order chi connectivity index (χ0) is 32.5. The first-order valence-electron chi connectivity index (χ1n) is 14.9. The first-order chi connectivity index (χ1) is 22.8. The number of aromatic nitrogens is 2. The highest BCUT2D eigenvalue weighted by Crippen LogP contribution is 2.45. The molecule has 7 rings (SSSR count). The zero-order valence-corrected chi connectivity index (χ0v) is 27.5. The number of ether oxygens (including phenoxy) is 2. The molecule has 47 heavy (non-hydrogen) atoms. The number of rotatable bonds is 9. The minimum Gasteiger partial charge on any atom is -0.507 e. The summed E-state index contributed by atoms with van der Waals surface area (Å²) in [4.78, 5) is 28.9. The molecule has 1 saturated heterocycles. The fourth-order valence-corrected chi connectivity index (χ4v) is 7.62. The fourth-order valence-electron chi connectivity index (χ4n) is 5.67. The predicted molar refractivity (Wildman–Crippen MR) is 183 cm³/mol. The molecule has 0 bridgehead atoms. The van der Waals surface area contributed by atoms with Gasteiger partial charge in [0.25, 0.3) is 5.78 Å². The van der Waals surface area contributed by atoms with Gasteiger partial charge in [0, 0.05) is 22.8 Å². The van der Waals surface area contributed by atoms with Crippen molar-refractivity contribution < 1.29 is 24.2 Å². The third-order valence-electron chi connectivity index (χ3n) is 7.91. The summed E-state index contributed by atoms with van der Waals surface area (Å²) >= 11 is 8.70. The smallest absolute Gasteiger partial charge is 0.301 e. The highest BCUT2D eigenvalue weighted by molar-refractivity contribution is 8.00. The molecule has 2 unspecified atom stereocenters. The molecule has 0 aliphatic carbocycles. The van der Waals surface area contributed by atoms with Gasteiger partial charge in [0.05, 0.1) is 11.6 Å². The SMILES string of the molecule is CC1Cc2cc(/C(O)=C3/C(=O)C(=O)N(c4nnc(SCc5ccc(Cl)cc5)s4)C3c3cccc(OCc4ccccc4)c3)ccc2O1. The number of hydrogen-bond acceptors (Lipinski definition) is 9. The van der Waals surface area contributed by atoms with E-state index >= 15 is 0 Å². The Morgan fingerprint density at radius 3 is 2.62 bits per heavy atom. The van der Waals surface area contributed by atoms with Gasteiger partial charge < -0.3 is 14.6 Å². The van der Waals surface area contributed by atoms with Gasteiger partial charge in [0.2, 0.25) is 5.13 Å². The van der Waals surface area contributed by atoms with Gasteiger partial charge in [-0.2, -0.15) is 0 Å². The van der Waals surface area contributed by atoms with Gasteiger partial charge in [-0.3, -0.25) is 14.5 Å². The average molecular weight is 682 g/mol. The van der Waals surface area contributed by atoms with Crippen molar-refractivity contribution in [2.45, 2.75) is 42.2 Å². The molecule has 2 aliphatic heterocycles. The Morgan fingerprint density at radius 2 is 1.81 bits per heavy atom. The maximum Gasteiger partial charge on any atom is 0.301 e. The van der Waals surface area contributed by atoms with Crippen LogP contribution in [-0.4, -0.2) is 33.1 Å². The van der Waals surface area contributed by atoms with Crippen molar-refractivity contribution >= 4 is 57.3 Å². The Morgan fingerprint density at radius 1 is 1.00 bits per heavy atom. The van der Waals surface area contributed by atoms with Crippen molar-refractivity contribution in [3.05, 3.63) is 135 Å². The fraction of sp³-hybridized carbons (Fsp3) is 0.167. The van der Waals surface area contributed by atoms with Gasteiger partial charge in [0.15, 0.2) is 4.34 Å². The zero-order valence-electron chi connectivity index (χ0n) is 25.1. The molecule has 5 aromatic rings. The maximum atomic E-state index is 13.8. The average Bonchev–Trinajstić information content (AvgIpc) is 3.78. The van der Waals surface area contributed by atoms with Crippen LogP contribution < -0.4 is 14.4 Å². The topological polar surface area (TPSA) is 102 Å². The summed E-state index contributed by atoms with van der Waals surface area (Å²) in [6.07, 6.45) is 0.687. The van der Waals surface area contributed by atoms with Crippen LogP contribution in [0.2, 0.25) is 5.02 Å². The molecule has 8 nitrogen and oxygen atoms in total. The van der Waals surface area contributed by atoms with Crippen LogP contribution >= 0.6 is 34.7 Å². The van der Waals surface area contributed by atoms with Gasteiger partial charge in [0.1, 0.15) is 30.0 Å². The van der Waals surface area contributed by atoms with E-state index in [1.807, 2.05) is 79.7 Å². The summed E-state index contributed by atoms with van der Waals surface area (Å²) in [5, 5.41) is 21.3. The molecule has 4 aromatic carbocycles. The molecule has 3 heterocycles. The number of Topliss-reactive ketones (excluding diaryl/α,β-unsaturated/α-hetero) is 1. The summed E-state index contributed by atoms with van der Waals surface area (Å²) in [7, 11) is 0. The number of amides is 1. The molecule has 11 heteroatoms. The van der Waals surface area contributed by atoms with E-state index < -0.39 is 17.7 Å². The van der Waals surface area contributed by atoms with Crippen molar-refractivity contribution in [3.8, 4) is 11.5 Å². The van der Waals surface area contributed by atoms with E-state index in [1.54, 1.807) is 24.3 Å². The highest BCUT2D eigenvalue weighted by Gasteiger charge is 2.48. The van der Waals surface area contributed by atoms with Crippen molar-refractivity contribution in [3.63, 3.8) is 0 Å². The molecule has 1 aromatic heterocycles. The second-order valence-electron chi connectivity index (χ2n) is 11.2. The molecule has 0 saturated carbocycles. The van der Waals surface area contributed by atoms with Gasteiger partial charge in [-0.05, 0) is 71.6 Å². The molecule has 0 radical (unpaired) electrons. The van der Waals surface area contributed by atoms with Crippen LogP contribution in [0.25, 0.3) is 5.76 Å². The minimum absolute atomic E-state index is 0.00997. The van der Waals surface area contributed by atoms with E-state index in [0.717, 1.165) is 22.4 Å². The Balaban J connectivity index is 1.25. The van der Waals surface area contributed by atoms with Gasteiger partial charge in [-0.25, -0.2) is 0 Å². The number of anilines is 1. The van der Waals surface area contributed by atoms with Crippen LogP contribution in [0.5, 0.6) is 11.5 Å². The summed E-state index contributed by atoms with van der Waals surface area (Å²) in [5.41, 5.74) is 3.95. The van der Waals surface area contributed by atoms with Crippen LogP contribution in [-0.2, 0) is 28.4 Å². The second-order valence-corrected chi connectivity index (χ2v) is 13.9. The number of thioether (sulfide) groups is 1. The summed E-state index contributed by atoms with van der Waals surface area (Å²) in [6.45, 7) is 2.31. The number of fused-ring (bicyclic) bond motifs is 1. The standard InChI is InChI=1S/C36H28ClN3O5S2/c1-21-16-26-17-25(12-15-29(26)45-21)32(41)30-31(24-8-5-9-28(18-24)44-19-22-6-3-2-4-7-22)40(34(43)33(30)42)35-38-39-36(47-35)46-20-23-10-13-27(37)14-11-23/h2-15,17-18,21,31,41H,16,19-20H2,1H3/b32-30-. The van der Waals surface area contributed by atoms with Crippen LogP contribution in [0.15, 0.2) is 107 Å². The molecule has 1 fully saturated rings. The van der Waals surface area contributed by atoms with E-state index in [2.05, 4.69) is 10.2 Å². The number of halogens is 1. The van der Waals surface area contributed by atoms with Crippen LogP contribution in [0, 0.1) is 0 Å². The molecule has 1 amide bonds. The van der Waals surface area contributed by atoms with Crippen molar-refractivity contribution in [1.29, 1.82) is 0 Å². The predicted octanol–water partition coefficient (Wildman–Crippen LogP) is 8.01. The first kappa shape index (κ1) is 31.0. The number of aliphatic hydroxyl groups excluding tert-OH is 1. The normalized spacial score (nSPS) is 18.3. The lowest BCUT2D eigenvalue weighted by Crippen LogP contribution is -2.29. The van der Waals surface area contributed by atoms with E-state index in [-0.39, 0.29) is 22.6 Å². The van der Waals surface area contributed by atoms with E-state index in [1.165, 1.54) is 28.0 Å². The Hall–Kier alpha value is -4.64. The number of nitrogens with zero attached hydrogens (tertiary/aromatic N) is 3. The lowest BCUT2D eigenvalue weighted by molar-refractivity contribution is -0.132. The third kappa shape index (κ3) is 6.49. The molecule has 2 atom stereocenters. The Kier molecular flexibility index (Phi) is 8.72. The van der Waals surface area contributed by atoms with Crippen LogP contribution in [0.3, 0.4) is 0 Å². The first-order valence-corrected chi connectivity index (χ1v) is 17.1. The summed E-state index contributed by atoms with van der Waals surface area (Å²) < 4.78 is 12.6. The maximum absolute atomic E-state index is 13.8. The lowest BCUT2D eigenvalue weighted by atomic mass is 9.94. The highest BCUT2D eigenvalue weighted by atomic mass is 35.5. The molecular formula is C36H28ClN3O5S2. The molecule has 0 spiro atoms. The number of carbonyl (C=O) groups is 2. The quantitative estimate of drug-likeness (QED) is 0.0549. The molecule has 2 aliphatic rings. The lowest BCUT2D eigenvalue weighted by Gasteiger charge is -2.23. The van der Waals surface area contributed by atoms with E-state index in [4.69, 9.17) is 21.1 Å². The monoisotopic (exact) mass is 681 g/mol. The Labute approximate surface area is 284 Å². The number of ketones is 1. The number of aliphatic hydroxyl groups is 1. The molecule has 236 valence electrons. The minimum atomic E-state index is -0.972. The van der Waals surface area contributed by atoms with Gasteiger partial charge in [-0.15, -0.1) is 10.2 Å². The Bertz CT molecular complexity index is 2000. The number of carbonyl (C=O) groups excluding carboxylic acids is 2. The van der Waals surface area contributed by atoms with Crippen LogP contribution in [0.4, 0.5) is 5.13 Å². The van der Waals surface area contributed by atoms with E-state index in [0.29, 0.717) is 45.0 Å². The third-order valence-corrected chi connectivity index (χ3v) is 10.3. The second kappa shape index (κ2) is 13.2. The van der Waals surface area contributed by atoms with E-state index in [9.17, 15) is 14.7 Å². The summed E-state index contributed by atoms with van der Waals surface area (Å²) in [5.74, 6) is 0.0456. The largest absolute Gasteiger partial charge is 0.507 e. The van der Waals surface area contributed by atoms with Crippen LogP contribution in [0.1, 0.15) is 40.8 Å². The van der Waals surface area contributed by atoms with Crippen molar-refractivity contribution in [2.75, 3.05) is 4.90 Å². The molecular weight excluding hydrogens is 654 g/mol. The summed E-state index contributed by atoms with van der Waals surface area (Å²) in [6, 6.07) is 28.8. The number of hydrogen-bond donors (Lipinski definition) is 1. The van der Waals surface area contributed by atoms with Crippen molar-refractivity contribution in [2.24, 2.45) is 0 Å². The van der Waals surface area contributed by atoms with Gasteiger partial charge in [-0.1, -0.05) is 89.3 Å². The number of benzene rings is 4.